The van der Waals surface area contributed by atoms with Crippen molar-refractivity contribution in [3.05, 3.63) is 81.9 Å². The van der Waals surface area contributed by atoms with Crippen LogP contribution in [0.4, 0.5) is 5.69 Å². The lowest BCUT2D eigenvalue weighted by atomic mass is 9.94. The molecule has 3 N–H and O–H groups in total. The fraction of sp³-hybridized carbons (Fsp3) is 0.310. The summed E-state index contributed by atoms with van der Waals surface area (Å²) in [6, 6.07) is 16.6. The molecular formula is C29H30ClN3O5S. The van der Waals surface area contributed by atoms with E-state index in [0.717, 1.165) is 5.56 Å². The number of hydrogen-bond acceptors (Lipinski definition) is 6. The van der Waals surface area contributed by atoms with Gasteiger partial charge < -0.3 is 15.2 Å². The third-order valence-electron chi connectivity index (χ3n) is 6.65. The molecule has 1 amide bonds. The van der Waals surface area contributed by atoms with Crippen LogP contribution in [0.25, 0.3) is 0 Å². The largest absolute Gasteiger partial charge is 0.457 e. The van der Waals surface area contributed by atoms with Crippen molar-refractivity contribution < 1.29 is 23.1 Å². The number of rotatable bonds is 8. The molecule has 0 bridgehead atoms. The van der Waals surface area contributed by atoms with E-state index in [2.05, 4.69) is 10.0 Å². The van der Waals surface area contributed by atoms with Gasteiger partial charge in [-0.2, -0.15) is 5.26 Å². The summed E-state index contributed by atoms with van der Waals surface area (Å²) < 4.78 is 34.4. The molecule has 0 aliphatic heterocycles. The summed E-state index contributed by atoms with van der Waals surface area (Å²) in [5.41, 5.74) is 3.08. The number of sulfonamides is 1. The smallest absolute Gasteiger partial charge is 0.240 e. The molecule has 0 atom stereocenters. The van der Waals surface area contributed by atoms with Crippen LogP contribution >= 0.6 is 11.6 Å². The maximum Gasteiger partial charge on any atom is 0.240 e. The van der Waals surface area contributed by atoms with Crippen molar-refractivity contribution in [1.82, 2.24) is 4.72 Å². The molecule has 8 nitrogen and oxygen atoms in total. The number of halogens is 1. The van der Waals surface area contributed by atoms with Gasteiger partial charge in [0.25, 0.3) is 0 Å². The Morgan fingerprint density at radius 2 is 1.79 bits per heavy atom. The highest BCUT2D eigenvalue weighted by atomic mass is 35.5. The van der Waals surface area contributed by atoms with Gasteiger partial charge >= 0.3 is 0 Å². The summed E-state index contributed by atoms with van der Waals surface area (Å²) in [6.45, 7) is 3.62. The van der Waals surface area contributed by atoms with Crippen molar-refractivity contribution in [2.24, 2.45) is 0 Å². The zero-order chi connectivity index (χ0) is 28.2. The van der Waals surface area contributed by atoms with Crippen LogP contribution in [-0.2, 0) is 21.2 Å². The van der Waals surface area contributed by atoms with E-state index in [9.17, 15) is 23.6 Å². The predicted molar refractivity (Wildman–Crippen MR) is 150 cm³/mol. The number of hydrogen-bond donors (Lipinski definition) is 3. The Morgan fingerprint density at radius 1 is 1.05 bits per heavy atom. The average Bonchev–Trinajstić information content (AvgIpc) is 2.88. The fourth-order valence-electron chi connectivity index (χ4n) is 4.48. The summed E-state index contributed by atoms with van der Waals surface area (Å²) in [7, 11) is -3.72. The second-order valence-corrected chi connectivity index (χ2v) is 12.0. The Bertz CT molecular complexity index is 1530. The lowest BCUT2D eigenvalue weighted by Gasteiger charge is -2.26. The van der Waals surface area contributed by atoms with Crippen LogP contribution in [0.1, 0.15) is 47.9 Å². The van der Waals surface area contributed by atoms with Gasteiger partial charge in [0.2, 0.25) is 15.9 Å². The van der Waals surface area contributed by atoms with E-state index in [1.165, 1.54) is 12.1 Å². The summed E-state index contributed by atoms with van der Waals surface area (Å²) in [4.78, 5) is 13.0. The molecule has 3 aromatic carbocycles. The zero-order valence-electron chi connectivity index (χ0n) is 21.7. The summed E-state index contributed by atoms with van der Waals surface area (Å²) in [5, 5.41) is 22.1. The van der Waals surface area contributed by atoms with Gasteiger partial charge in [-0.1, -0.05) is 23.7 Å². The number of nitriles is 1. The number of aliphatic hydroxyl groups excluding tert-OH is 1. The zero-order valence-corrected chi connectivity index (χ0v) is 23.3. The molecular weight excluding hydrogens is 538 g/mol. The minimum atomic E-state index is -3.72. The lowest BCUT2D eigenvalue weighted by molar-refractivity contribution is -0.115. The van der Waals surface area contributed by atoms with Crippen molar-refractivity contribution in [1.29, 1.82) is 5.26 Å². The van der Waals surface area contributed by atoms with Crippen LogP contribution in [-0.4, -0.2) is 31.6 Å². The monoisotopic (exact) mass is 567 g/mol. The van der Waals surface area contributed by atoms with E-state index in [1.54, 1.807) is 37.3 Å². The topological polar surface area (TPSA) is 129 Å². The number of nitrogens with one attached hydrogen (secondary N) is 2. The quantitative estimate of drug-likeness (QED) is 0.335. The molecule has 1 fully saturated rings. The van der Waals surface area contributed by atoms with Crippen molar-refractivity contribution in [3.8, 4) is 17.6 Å². The molecule has 0 spiro atoms. The molecule has 1 saturated carbocycles. The molecule has 0 heterocycles. The number of amides is 1. The van der Waals surface area contributed by atoms with Gasteiger partial charge in [0.1, 0.15) is 11.5 Å². The Hall–Kier alpha value is -3.42. The van der Waals surface area contributed by atoms with Gasteiger partial charge in [-0.3, -0.25) is 4.79 Å². The van der Waals surface area contributed by atoms with Gasteiger partial charge in [-0.15, -0.1) is 0 Å². The second-order valence-electron chi connectivity index (χ2n) is 9.82. The van der Waals surface area contributed by atoms with Gasteiger partial charge in [0.15, 0.2) is 0 Å². The molecule has 10 heteroatoms. The molecule has 0 aromatic heterocycles. The highest BCUT2D eigenvalue weighted by Gasteiger charge is 2.25. The maximum absolute atomic E-state index is 12.9. The first-order valence-electron chi connectivity index (χ1n) is 12.6. The van der Waals surface area contributed by atoms with Gasteiger partial charge in [-0.05, 0) is 98.7 Å². The average molecular weight is 568 g/mol. The van der Waals surface area contributed by atoms with E-state index < -0.39 is 10.0 Å². The minimum Gasteiger partial charge on any atom is -0.457 e. The SMILES string of the molecule is Cc1cc(S(=O)(=O)NC2CCC(O)CC2)ccc1NC(=O)Cc1ccc(C)c(Oc2cc(Cl)cc(C#N)c2)c1. The number of anilines is 1. The highest BCUT2D eigenvalue weighted by molar-refractivity contribution is 7.89. The van der Waals surface area contributed by atoms with Crippen LogP contribution in [0.3, 0.4) is 0 Å². The molecule has 0 radical (unpaired) electrons. The van der Waals surface area contributed by atoms with Crippen LogP contribution in [0.5, 0.6) is 11.5 Å². The van der Waals surface area contributed by atoms with Gasteiger partial charge in [-0.25, -0.2) is 13.1 Å². The first-order chi connectivity index (χ1) is 18.5. The molecule has 0 unspecified atom stereocenters. The van der Waals surface area contributed by atoms with E-state index in [4.69, 9.17) is 16.3 Å². The second kappa shape index (κ2) is 12.2. The molecule has 1 aliphatic rings. The van der Waals surface area contributed by atoms with E-state index in [-0.39, 0.29) is 29.4 Å². The third-order valence-corrected chi connectivity index (χ3v) is 8.38. The Balaban J connectivity index is 1.41. The highest BCUT2D eigenvalue weighted by Crippen LogP contribution is 2.30. The normalized spacial score (nSPS) is 17.3. The number of ether oxygens (including phenoxy) is 1. The van der Waals surface area contributed by atoms with Crippen molar-refractivity contribution >= 4 is 33.2 Å². The number of carbonyl (C=O) groups excluding carboxylic acids is 1. The maximum atomic E-state index is 12.9. The van der Waals surface area contributed by atoms with Crippen LogP contribution in [0.15, 0.2) is 59.5 Å². The van der Waals surface area contributed by atoms with Gasteiger partial charge in [0, 0.05) is 16.8 Å². The molecule has 1 aliphatic carbocycles. The van der Waals surface area contributed by atoms with E-state index in [1.807, 2.05) is 25.1 Å². The van der Waals surface area contributed by atoms with Crippen molar-refractivity contribution in [2.75, 3.05) is 5.32 Å². The van der Waals surface area contributed by atoms with Crippen molar-refractivity contribution in [2.45, 2.75) is 63.0 Å². The molecule has 39 heavy (non-hydrogen) atoms. The fourth-order valence-corrected chi connectivity index (χ4v) is 6.10. The Kier molecular flexibility index (Phi) is 8.93. The van der Waals surface area contributed by atoms with Crippen molar-refractivity contribution in [3.63, 3.8) is 0 Å². The lowest BCUT2D eigenvalue weighted by Crippen LogP contribution is -2.38. The summed E-state index contributed by atoms with van der Waals surface area (Å²) in [5.74, 6) is 0.694. The molecule has 4 rings (SSSR count). The molecule has 3 aromatic rings. The number of nitrogens with zero attached hydrogens (tertiary/aromatic N) is 1. The third kappa shape index (κ3) is 7.58. The number of carbonyl (C=O) groups is 1. The number of aryl methyl sites for hydroxylation is 2. The minimum absolute atomic E-state index is 0.0736. The first-order valence-corrected chi connectivity index (χ1v) is 14.5. The Labute approximate surface area is 233 Å². The molecule has 204 valence electrons. The van der Waals surface area contributed by atoms with Crippen LogP contribution in [0, 0.1) is 25.2 Å². The summed E-state index contributed by atoms with van der Waals surface area (Å²) >= 11 is 6.08. The number of aliphatic hydroxyl groups is 1. The summed E-state index contributed by atoms with van der Waals surface area (Å²) in [6.07, 6.45) is 2.06. The van der Waals surface area contributed by atoms with E-state index >= 15 is 0 Å². The number of benzene rings is 3. The van der Waals surface area contributed by atoms with Crippen LogP contribution in [0.2, 0.25) is 5.02 Å². The molecule has 0 saturated heterocycles. The Morgan fingerprint density at radius 3 is 2.49 bits per heavy atom. The standard InChI is InChI=1S/C29H30ClN3O5S/c1-18-3-4-20(14-28(18)38-25-13-21(17-31)12-22(30)16-25)15-29(35)32-27-10-9-26(11-19(27)2)39(36,37)33-23-5-7-24(34)8-6-23/h3-4,9-14,16,23-24,33-34H,5-8,15H2,1-2H3,(H,32,35). The van der Waals surface area contributed by atoms with Crippen LogP contribution < -0.4 is 14.8 Å². The predicted octanol–water partition coefficient (Wildman–Crippen LogP) is 5.38. The van der Waals surface area contributed by atoms with Gasteiger partial charge in [0.05, 0.1) is 29.1 Å². The van der Waals surface area contributed by atoms with E-state index in [0.29, 0.717) is 64.6 Å². The first kappa shape index (κ1) is 28.6.